The number of carbonyl (C=O) groups excluding carboxylic acids is 1. The highest BCUT2D eigenvalue weighted by Gasteiger charge is 2.42. The molecule has 2 fully saturated rings. The lowest BCUT2D eigenvalue weighted by atomic mass is 9.76. The van der Waals surface area contributed by atoms with Crippen molar-refractivity contribution in [2.75, 3.05) is 72.0 Å². The molecule has 3 aromatic carbocycles. The van der Waals surface area contributed by atoms with Crippen LogP contribution in [0, 0.1) is 5.82 Å². The van der Waals surface area contributed by atoms with E-state index < -0.39 is 0 Å². The maximum Gasteiger partial charge on any atom is 0.254 e. The van der Waals surface area contributed by atoms with Gasteiger partial charge in [-0.15, -0.1) is 0 Å². The van der Waals surface area contributed by atoms with Crippen molar-refractivity contribution in [1.29, 1.82) is 0 Å². The molecule has 0 radical (unpaired) electrons. The normalized spacial score (nSPS) is 18.9. The summed E-state index contributed by atoms with van der Waals surface area (Å²) in [5.74, 6) is 2.00. The van der Waals surface area contributed by atoms with Gasteiger partial charge in [0, 0.05) is 50.2 Å². The summed E-state index contributed by atoms with van der Waals surface area (Å²) in [7, 11) is 4.63. The first-order valence-corrected chi connectivity index (χ1v) is 16.8. The van der Waals surface area contributed by atoms with Crippen molar-refractivity contribution in [2.45, 2.75) is 38.1 Å². The number of fused-ring (bicyclic) bond motifs is 1. The predicted molar refractivity (Wildman–Crippen MR) is 187 cm³/mol. The predicted octanol–water partition coefficient (Wildman–Crippen LogP) is 6.16. The molecule has 0 saturated carbocycles. The summed E-state index contributed by atoms with van der Waals surface area (Å²) in [6, 6.07) is 18.6. The number of hydrogen-bond donors (Lipinski definition) is 0. The van der Waals surface area contributed by atoms with Crippen LogP contribution in [0.3, 0.4) is 0 Å². The number of rotatable bonds is 11. The van der Waals surface area contributed by atoms with E-state index in [9.17, 15) is 9.18 Å². The Balaban J connectivity index is 1.19. The SMILES string of the molecule is CC=CCn1c(N2CCCN(CCC3(c4ccc(F)cc4)CCN(C(=O)c4cc(OC)c(OC)c(OC)c4)C3)CC2)nc2ccccc21. The highest BCUT2D eigenvalue weighted by molar-refractivity contribution is 5.96. The van der Waals surface area contributed by atoms with Gasteiger partial charge in [0.2, 0.25) is 11.7 Å². The molecule has 2 aliphatic rings. The van der Waals surface area contributed by atoms with Crippen molar-refractivity contribution in [3.8, 4) is 17.2 Å². The van der Waals surface area contributed by atoms with Crippen molar-refractivity contribution >= 4 is 22.9 Å². The third-order valence-corrected chi connectivity index (χ3v) is 9.95. The number of amides is 1. The molecule has 4 aromatic rings. The molecule has 3 heterocycles. The number of para-hydroxylation sites is 2. The zero-order valence-electron chi connectivity index (χ0n) is 28.5. The molecular weight excluding hydrogens is 609 g/mol. The van der Waals surface area contributed by atoms with E-state index in [1.165, 1.54) is 12.1 Å². The number of likely N-dealkylation sites (tertiary alicyclic amines) is 1. The number of nitrogens with zero attached hydrogens (tertiary/aromatic N) is 5. The zero-order valence-corrected chi connectivity index (χ0v) is 28.5. The first kappa shape index (κ1) is 33.3. The lowest BCUT2D eigenvalue weighted by molar-refractivity contribution is 0.0780. The van der Waals surface area contributed by atoms with E-state index in [1.807, 2.05) is 30.0 Å². The van der Waals surface area contributed by atoms with Crippen LogP contribution in [0.5, 0.6) is 17.2 Å². The summed E-state index contributed by atoms with van der Waals surface area (Å²) in [5, 5.41) is 0. The van der Waals surface area contributed by atoms with Crippen LogP contribution in [-0.2, 0) is 12.0 Å². The third-order valence-electron chi connectivity index (χ3n) is 9.95. The minimum absolute atomic E-state index is 0.0931. The molecule has 6 rings (SSSR count). The van der Waals surface area contributed by atoms with Gasteiger partial charge in [-0.05, 0) is 81.2 Å². The Hall–Kier alpha value is -4.57. The van der Waals surface area contributed by atoms with Crippen LogP contribution >= 0.6 is 0 Å². The molecule has 0 bridgehead atoms. The summed E-state index contributed by atoms with van der Waals surface area (Å²) in [6.07, 6.45) is 6.94. The van der Waals surface area contributed by atoms with Gasteiger partial charge in [0.15, 0.2) is 11.5 Å². The van der Waals surface area contributed by atoms with Crippen molar-refractivity contribution < 1.29 is 23.4 Å². The average molecular weight is 656 g/mol. The molecule has 0 N–H and O–H groups in total. The van der Waals surface area contributed by atoms with Gasteiger partial charge in [-0.3, -0.25) is 4.79 Å². The highest BCUT2D eigenvalue weighted by atomic mass is 19.1. The molecule has 48 heavy (non-hydrogen) atoms. The summed E-state index contributed by atoms with van der Waals surface area (Å²) < 4.78 is 32.9. The topological polar surface area (TPSA) is 72.3 Å². The van der Waals surface area contributed by atoms with Gasteiger partial charge in [-0.2, -0.15) is 0 Å². The van der Waals surface area contributed by atoms with Crippen LogP contribution in [0.1, 0.15) is 42.1 Å². The van der Waals surface area contributed by atoms with Crippen LogP contribution < -0.4 is 19.1 Å². The van der Waals surface area contributed by atoms with Gasteiger partial charge in [0.1, 0.15) is 5.82 Å². The number of benzene rings is 3. The van der Waals surface area contributed by atoms with E-state index >= 15 is 0 Å². The standard InChI is InChI=1S/C38H46FN5O4/c1-5-6-20-44-32-11-8-7-10-31(32)40-37(44)42-19-9-18-41(23-24-42)21-16-38(29-12-14-30(39)15-13-29)17-22-43(27-38)36(45)28-25-33(46-2)35(48-4)34(26-28)47-3/h5-8,10-15,25-26H,9,16-24,27H2,1-4H3. The van der Waals surface area contributed by atoms with Crippen LogP contribution in [0.15, 0.2) is 72.8 Å². The van der Waals surface area contributed by atoms with Gasteiger partial charge in [0.05, 0.1) is 32.4 Å². The van der Waals surface area contributed by atoms with E-state index in [1.54, 1.807) is 33.5 Å². The second-order valence-electron chi connectivity index (χ2n) is 12.7. The molecule has 0 aliphatic carbocycles. The van der Waals surface area contributed by atoms with Gasteiger partial charge < -0.3 is 33.5 Å². The highest BCUT2D eigenvalue weighted by Crippen LogP contribution is 2.41. The number of methoxy groups -OCH3 is 3. The van der Waals surface area contributed by atoms with Gasteiger partial charge in [0.25, 0.3) is 5.91 Å². The van der Waals surface area contributed by atoms with Crippen LogP contribution in [0.25, 0.3) is 11.0 Å². The smallest absolute Gasteiger partial charge is 0.254 e. The minimum Gasteiger partial charge on any atom is -0.493 e. The molecule has 10 heteroatoms. The maximum atomic E-state index is 14.1. The maximum absolute atomic E-state index is 14.1. The molecule has 1 unspecified atom stereocenters. The molecule has 254 valence electrons. The van der Waals surface area contributed by atoms with Crippen molar-refractivity contribution in [2.24, 2.45) is 0 Å². The second kappa shape index (κ2) is 14.7. The largest absolute Gasteiger partial charge is 0.493 e. The zero-order chi connectivity index (χ0) is 33.7. The number of imidazole rings is 1. The number of anilines is 1. The molecule has 2 saturated heterocycles. The van der Waals surface area contributed by atoms with Crippen LogP contribution in [0.4, 0.5) is 10.3 Å². The van der Waals surface area contributed by atoms with Gasteiger partial charge in [-0.25, -0.2) is 9.37 Å². The Morgan fingerprint density at radius 2 is 1.69 bits per heavy atom. The van der Waals surface area contributed by atoms with Crippen molar-refractivity contribution in [3.63, 3.8) is 0 Å². The monoisotopic (exact) mass is 655 g/mol. The van der Waals surface area contributed by atoms with Gasteiger partial charge in [-0.1, -0.05) is 36.4 Å². The fourth-order valence-electron chi connectivity index (χ4n) is 7.28. The molecule has 1 aromatic heterocycles. The van der Waals surface area contributed by atoms with Gasteiger partial charge >= 0.3 is 0 Å². The molecule has 2 aliphatic heterocycles. The van der Waals surface area contributed by atoms with E-state index in [4.69, 9.17) is 19.2 Å². The van der Waals surface area contributed by atoms with E-state index in [0.717, 1.165) is 81.1 Å². The summed E-state index contributed by atoms with van der Waals surface area (Å²) >= 11 is 0. The second-order valence-corrected chi connectivity index (χ2v) is 12.7. The number of allylic oxidation sites excluding steroid dienone is 2. The third kappa shape index (κ3) is 6.71. The summed E-state index contributed by atoms with van der Waals surface area (Å²) in [6.45, 7) is 8.59. The van der Waals surface area contributed by atoms with Crippen molar-refractivity contribution in [3.05, 3.63) is 89.8 Å². The minimum atomic E-state index is -0.295. The first-order valence-electron chi connectivity index (χ1n) is 16.8. The Kier molecular flexibility index (Phi) is 10.2. The quantitative estimate of drug-likeness (QED) is 0.179. The fourth-order valence-corrected chi connectivity index (χ4v) is 7.28. The Bertz CT molecular complexity index is 1730. The van der Waals surface area contributed by atoms with Crippen molar-refractivity contribution in [1.82, 2.24) is 19.4 Å². The number of ether oxygens (including phenoxy) is 3. The molecule has 0 spiro atoms. The van der Waals surface area contributed by atoms with E-state index in [-0.39, 0.29) is 17.1 Å². The number of aromatic nitrogens is 2. The van der Waals surface area contributed by atoms with Crippen LogP contribution in [-0.4, -0.2) is 92.4 Å². The Labute approximate surface area is 282 Å². The molecule has 9 nitrogen and oxygen atoms in total. The Morgan fingerprint density at radius 3 is 2.40 bits per heavy atom. The summed E-state index contributed by atoms with van der Waals surface area (Å²) in [4.78, 5) is 25.8. The average Bonchev–Trinajstić information content (AvgIpc) is 3.64. The lowest BCUT2D eigenvalue weighted by Crippen LogP contribution is -2.39. The van der Waals surface area contributed by atoms with E-state index in [0.29, 0.717) is 35.9 Å². The molecular formula is C38H46FN5O4. The number of hydrogen-bond acceptors (Lipinski definition) is 7. The number of carbonyl (C=O) groups is 1. The fraction of sp³-hybridized carbons (Fsp3) is 0.421. The Morgan fingerprint density at radius 1 is 0.938 bits per heavy atom. The molecule has 1 atom stereocenters. The number of halogens is 1. The first-order chi connectivity index (χ1) is 23.4. The lowest BCUT2D eigenvalue weighted by Gasteiger charge is -2.33. The van der Waals surface area contributed by atoms with Crippen LogP contribution in [0.2, 0.25) is 0 Å². The summed E-state index contributed by atoms with van der Waals surface area (Å²) in [5.41, 5.74) is 3.42. The molecule has 1 amide bonds. The van der Waals surface area contributed by atoms with E-state index in [2.05, 4.69) is 44.7 Å².